The van der Waals surface area contributed by atoms with Crippen molar-refractivity contribution >= 4 is 46.0 Å². The van der Waals surface area contributed by atoms with Gasteiger partial charge in [0.05, 0.1) is 23.5 Å². The second kappa shape index (κ2) is 7.88. The van der Waals surface area contributed by atoms with Gasteiger partial charge < -0.3 is 14.7 Å². The zero-order valence-corrected chi connectivity index (χ0v) is 17.6. The molecule has 1 amide bonds. The summed E-state index contributed by atoms with van der Waals surface area (Å²) in [7, 11) is 3.58. The Hall–Kier alpha value is -2.84. The normalized spacial score (nSPS) is 19.8. The van der Waals surface area contributed by atoms with Gasteiger partial charge in [0.2, 0.25) is 0 Å². The minimum Gasteiger partial charge on any atom is -0.508 e. The minimum atomic E-state index is -0.108. The van der Waals surface area contributed by atoms with Crippen molar-refractivity contribution in [3.8, 4) is 11.5 Å². The molecule has 2 aliphatic heterocycles. The van der Waals surface area contributed by atoms with E-state index < -0.39 is 0 Å². The molecule has 0 aromatic heterocycles. The van der Waals surface area contributed by atoms with Gasteiger partial charge in [0.15, 0.2) is 5.17 Å². The Morgan fingerprint density at radius 1 is 1.24 bits per heavy atom. The van der Waals surface area contributed by atoms with Crippen molar-refractivity contribution in [3.05, 3.63) is 65.1 Å². The first-order chi connectivity index (χ1) is 14.0. The molecule has 0 radical (unpaired) electrons. The van der Waals surface area contributed by atoms with E-state index in [9.17, 15) is 9.90 Å². The van der Waals surface area contributed by atoms with E-state index in [2.05, 4.69) is 11.6 Å². The third-order valence-corrected chi connectivity index (χ3v) is 6.89. The quantitative estimate of drug-likeness (QED) is 0.572. The molecule has 4 rings (SSSR count). The van der Waals surface area contributed by atoms with Crippen LogP contribution in [0.5, 0.6) is 11.5 Å². The van der Waals surface area contributed by atoms with Crippen molar-refractivity contribution in [2.24, 2.45) is 4.99 Å². The number of phenolic OH excluding ortho intramolecular Hbond substituents is 1. The molecule has 0 unspecified atom stereocenters. The monoisotopic (exact) mass is 425 g/mol. The number of carbonyl (C=O) groups is 1. The molecule has 2 aromatic rings. The van der Waals surface area contributed by atoms with Crippen LogP contribution in [-0.4, -0.2) is 41.8 Å². The summed E-state index contributed by atoms with van der Waals surface area (Å²) in [6.07, 6.45) is 1.68. The molecule has 1 N–H and O–H groups in total. The molecule has 0 spiro atoms. The topological polar surface area (TPSA) is 65.4 Å². The smallest absolute Gasteiger partial charge is 0.269 e. The number of carbonyl (C=O) groups excluding carboxylic acids is 1. The highest BCUT2D eigenvalue weighted by molar-refractivity contribution is 8.19. The lowest BCUT2D eigenvalue weighted by Gasteiger charge is -2.15. The zero-order chi connectivity index (χ0) is 20.5. The lowest BCUT2D eigenvalue weighted by Crippen LogP contribution is -2.29. The Kier molecular flexibility index (Phi) is 5.29. The Labute approximate surface area is 177 Å². The summed E-state index contributed by atoms with van der Waals surface area (Å²) in [5.74, 6) is 0.792. The molecule has 2 aromatic carbocycles. The van der Waals surface area contributed by atoms with Gasteiger partial charge in [-0.3, -0.25) is 9.69 Å². The van der Waals surface area contributed by atoms with E-state index in [1.54, 1.807) is 54.1 Å². The van der Waals surface area contributed by atoms with Crippen molar-refractivity contribution in [2.75, 3.05) is 25.6 Å². The van der Waals surface area contributed by atoms with E-state index in [-0.39, 0.29) is 11.7 Å². The number of amidine groups is 1. The van der Waals surface area contributed by atoms with Gasteiger partial charge in [0.1, 0.15) is 16.4 Å². The second-order valence-electron chi connectivity index (χ2n) is 6.35. The predicted molar refractivity (Wildman–Crippen MR) is 119 cm³/mol. The lowest BCUT2D eigenvalue weighted by atomic mass is 10.3. The van der Waals surface area contributed by atoms with Crippen LogP contribution in [-0.2, 0) is 4.79 Å². The number of rotatable bonds is 4. The number of hydrogen-bond donors (Lipinski definition) is 1. The van der Waals surface area contributed by atoms with Gasteiger partial charge in [-0.05, 0) is 36.0 Å². The number of aromatic hydroxyl groups is 1. The fraction of sp³-hybridized carbons (Fsp3) is 0.143. The Morgan fingerprint density at radius 2 is 2.07 bits per heavy atom. The molecule has 2 aliphatic rings. The molecular formula is C21H19N3O3S2. The van der Waals surface area contributed by atoms with Crippen LogP contribution in [0.1, 0.15) is 0 Å². The van der Waals surface area contributed by atoms with Crippen molar-refractivity contribution in [2.45, 2.75) is 4.90 Å². The van der Waals surface area contributed by atoms with Crippen molar-refractivity contribution < 1.29 is 14.6 Å². The number of nitrogens with zero attached hydrogens (tertiary/aromatic N) is 3. The van der Waals surface area contributed by atoms with Gasteiger partial charge in [0.25, 0.3) is 5.91 Å². The first-order valence-electron chi connectivity index (χ1n) is 8.84. The Bertz CT molecular complexity index is 1060. The number of thioether (sulfide) groups is 2. The molecular weight excluding hydrogens is 406 g/mol. The number of benzene rings is 2. The highest BCUT2D eigenvalue weighted by Gasteiger charge is 2.38. The zero-order valence-electron chi connectivity index (χ0n) is 16.0. The van der Waals surface area contributed by atoms with Crippen LogP contribution in [0, 0.1) is 0 Å². The lowest BCUT2D eigenvalue weighted by molar-refractivity contribution is -0.121. The third kappa shape index (κ3) is 3.61. The van der Waals surface area contributed by atoms with Crippen LogP contribution in [0.15, 0.2) is 74.9 Å². The maximum atomic E-state index is 13.2. The van der Waals surface area contributed by atoms with Crippen LogP contribution in [0.4, 0.5) is 11.4 Å². The fourth-order valence-corrected chi connectivity index (χ4v) is 5.37. The predicted octanol–water partition coefficient (Wildman–Crippen LogP) is 4.56. The molecule has 0 atom stereocenters. The van der Waals surface area contributed by atoms with Crippen molar-refractivity contribution in [1.29, 1.82) is 0 Å². The molecule has 148 valence electrons. The van der Waals surface area contributed by atoms with Crippen LogP contribution in [0.3, 0.4) is 0 Å². The molecule has 0 saturated carbocycles. The molecule has 6 nitrogen and oxygen atoms in total. The first-order valence-corrected chi connectivity index (χ1v) is 10.5. The van der Waals surface area contributed by atoms with Gasteiger partial charge in [-0.15, -0.1) is 6.58 Å². The number of aliphatic imine (C=N–C) groups is 1. The van der Waals surface area contributed by atoms with Gasteiger partial charge >= 0.3 is 0 Å². The van der Waals surface area contributed by atoms with E-state index >= 15 is 0 Å². The summed E-state index contributed by atoms with van der Waals surface area (Å²) in [4.78, 5) is 23.1. The van der Waals surface area contributed by atoms with E-state index in [4.69, 9.17) is 4.74 Å². The summed E-state index contributed by atoms with van der Waals surface area (Å²) in [5, 5.41) is 11.1. The van der Waals surface area contributed by atoms with E-state index in [1.165, 1.54) is 11.8 Å². The number of methoxy groups -OCH3 is 1. The van der Waals surface area contributed by atoms with Crippen LogP contribution in [0.2, 0.25) is 0 Å². The number of fused-ring (bicyclic) bond motifs is 1. The molecule has 2 heterocycles. The molecule has 1 saturated heterocycles. The van der Waals surface area contributed by atoms with Gasteiger partial charge in [-0.25, -0.2) is 4.99 Å². The number of phenols is 1. The molecule has 0 aliphatic carbocycles. The number of anilines is 1. The fourth-order valence-electron chi connectivity index (χ4n) is 3.03. The minimum absolute atomic E-state index is 0.108. The Morgan fingerprint density at radius 3 is 2.79 bits per heavy atom. The largest absolute Gasteiger partial charge is 0.508 e. The Balaban J connectivity index is 1.73. The standard InChI is InChI=1S/C21H19N3O3S2/c1-4-10-24-19(26)18(29-21(24)22-13-6-5-7-14(25)11-13)20-23(2)16-12-15(27-3)8-9-17(16)28-20/h4-9,11-12,25H,1,10H2,2-3H3/b20-18+,22-21?. The van der Waals surface area contributed by atoms with Gasteiger partial charge in [-0.1, -0.05) is 23.9 Å². The van der Waals surface area contributed by atoms with Crippen LogP contribution in [0.25, 0.3) is 0 Å². The molecule has 1 fully saturated rings. The molecule has 29 heavy (non-hydrogen) atoms. The molecule has 8 heteroatoms. The molecule has 0 bridgehead atoms. The number of ether oxygens (including phenoxy) is 1. The maximum Gasteiger partial charge on any atom is 0.269 e. The summed E-state index contributed by atoms with van der Waals surface area (Å²) >= 11 is 2.89. The second-order valence-corrected chi connectivity index (χ2v) is 8.36. The van der Waals surface area contributed by atoms with Crippen molar-refractivity contribution in [3.63, 3.8) is 0 Å². The number of amides is 1. The van der Waals surface area contributed by atoms with Crippen LogP contribution >= 0.6 is 23.5 Å². The first kappa shape index (κ1) is 19.5. The van der Waals surface area contributed by atoms with E-state index in [1.807, 2.05) is 30.1 Å². The van der Waals surface area contributed by atoms with E-state index in [0.29, 0.717) is 22.3 Å². The SMILES string of the molecule is C=CCN1C(=O)/C(=C2\Sc3ccc(OC)cc3N2C)SC1=Nc1cccc(O)c1. The average molecular weight is 426 g/mol. The highest BCUT2D eigenvalue weighted by atomic mass is 32.2. The van der Waals surface area contributed by atoms with Gasteiger partial charge in [-0.2, -0.15) is 0 Å². The highest BCUT2D eigenvalue weighted by Crippen LogP contribution is 2.51. The summed E-state index contributed by atoms with van der Waals surface area (Å²) in [5.41, 5.74) is 1.58. The summed E-state index contributed by atoms with van der Waals surface area (Å²) < 4.78 is 5.33. The third-order valence-electron chi connectivity index (χ3n) is 4.46. The van der Waals surface area contributed by atoms with Gasteiger partial charge in [0, 0.05) is 30.6 Å². The number of hydrogen-bond acceptors (Lipinski definition) is 7. The maximum absolute atomic E-state index is 13.2. The van der Waals surface area contributed by atoms with Crippen LogP contribution < -0.4 is 9.64 Å². The summed E-state index contributed by atoms with van der Waals surface area (Å²) in [6, 6.07) is 12.5. The van der Waals surface area contributed by atoms with Crippen molar-refractivity contribution in [1.82, 2.24) is 4.90 Å². The van der Waals surface area contributed by atoms with E-state index in [0.717, 1.165) is 21.4 Å². The summed E-state index contributed by atoms with van der Waals surface area (Å²) in [6.45, 7) is 4.12. The average Bonchev–Trinajstić information content (AvgIpc) is 3.19.